The molecule has 0 unspecified atom stereocenters. The highest BCUT2D eigenvalue weighted by molar-refractivity contribution is 6.34. The van der Waals surface area contributed by atoms with E-state index in [-0.39, 0.29) is 34.7 Å². The number of nitrogens with zero attached hydrogens (tertiary/aromatic N) is 1. The zero-order valence-electron chi connectivity index (χ0n) is 23.1. The van der Waals surface area contributed by atoms with Crippen LogP contribution in [0.2, 0.25) is 5.02 Å². The normalized spacial score (nSPS) is 22.9. The number of para-hydroxylation sites is 2. The van der Waals surface area contributed by atoms with E-state index in [1.807, 2.05) is 65.7 Å². The van der Waals surface area contributed by atoms with Gasteiger partial charge < -0.3 is 15.0 Å². The summed E-state index contributed by atoms with van der Waals surface area (Å²) in [5.74, 6) is -1.80. The van der Waals surface area contributed by atoms with E-state index in [4.69, 9.17) is 16.3 Å². The van der Waals surface area contributed by atoms with Crippen LogP contribution in [-0.2, 0) is 10.2 Å². The van der Waals surface area contributed by atoms with Gasteiger partial charge in [0, 0.05) is 17.5 Å². The van der Waals surface area contributed by atoms with Crippen molar-refractivity contribution >= 4 is 40.8 Å². The molecule has 1 spiro atoms. The van der Waals surface area contributed by atoms with Gasteiger partial charge in [-0.2, -0.15) is 0 Å². The Hall–Kier alpha value is -4.94. The number of anilines is 1. The van der Waals surface area contributed by atoms with Crippen LogP contribution in [0.15, 0.2) is 116 Å². The Labute approximate surface area is 254 Å². The lowest BCUT2D eigenvalue weighted by atomic mass is 9.62. The number of carbonyl (C=O) groups excluding carboxylic acids is 3. The average Bonchev–Trinajstić information content (AvgIpc) is 3.52. The van der Waals surface area contributed by atoms with Crippen molar-refractivity contribution in [2.24, 2.45) is 5.92 Å². The summed E-state index contributed by atoms with van der Waals surface area (Å²) in [6.07, 6.45) is 5.37. The van der Waals surface area contributed by atoms with Gasteiger partial charge in [-0.3, -0.25) is 14.4 Å². The molecule has 3 aliphatic heterocycles. The highest BCUT2D eigenvalue weighted by atomic mass is 35.5. The zero-order chi connectivity index (χ0) is 29.7. The van der Waals surface area contributed by atoms with Gasteiger partial charge in [-0.25, -0.2) is 0 Å². The summed E-state index contributed by atoms with van der Waals surface area (Å²) in [4.78, 5) is 46.3. The fourth-order valence-corrected chi connectivity index (χ4v) is 7.33. The third-order valence-corrected chi connectivity index (χ3v) is 9.10. The molecule has 7 rings (SSSR count). The van der Waals surface area contributed by atoms with Gasteiger partial charge in [0.25, 0.3) is 0 Å². The molecule has 0 bridgehead atoms. The third-order valence-electron chi connectivity index (χ3n) is 8.77. The molecule has 43 heavy (non-hydrogen) atoms. The van der Waals surface area contributed by atoms with Gasteiger partial charge in [0.2, 0.25) is 5.91 Å². The Morgan fingerprint density at radius 3 is 2.42 bits per heavy atom. The summed E-state index contributed by atoms with van der Waals surface area (Å²) in [5, 5.41) is 3.35. The SMILES string of the molecule is C=CCOc1ccccc1C(=O)[C@@H]1[C@H](C(=O)c2ccccc2Cl)N2C=Cc3ccccc3[C@H]2[C@@]12C(=O)Nc1ccccc12. The van der Waals surface area contributed by atoms with Gasteiger partial charge in [0.15, 0.2) is 11.6 Å². The van der Waals surface area contributed by atoms with E-state index in [0.717, 1.165) is 11.1 Å². The molecule has 6 nitrogen and oxygen atoms in total. The molecule has 0 saturated carbocycles. The summed E-state index contributed by atoms with van der Waals surface area (Å²) in [6.45, 7) is 3.92. The first kappa shape index (κ1) is 26.9. The largest absolute Gasteiger partial charge is 0.489 e. The van der Waals surface area contributed by atoms with Gasteiger partial charge in [-0.15, -0.1) is 0 Å². The number of hydrogen-bond acceptors (Lipinski definition) is 5. The molecule has 0 aliphatic carbocycles. The summed E-state index contributed by atoms with van der Waals surface area (Å²) in [5.41, 5.74) is 2.23. The van der Waals surface area contributed by atoms with Crippen LogP contribution in [0.5, 0.6) is 5.75 Å². The Morgan fingerprint density at radius 2 is 1.60 bits per heavy atom. The van der Waals surface area contributed by atoms with Crippen molar-refractivity contribution < 1.29 is 19.1 Å². The molecule has 0 radical (unpaired) electrons. The van der Waals surface area contributed by atoms with Gasteiger partial charge in [0.05, 0.1) is 22.5 Å². The van der Waals surface area contributed by atoms with E-state index < -0.39 is 23.4 Å². The number of amides is 1. The highest BCUT2D eigenvalue weighted by Gasteiger charge is 2.71. The average molecular weight is 587 g/mol. The Kier molecular flexibility index (Phi) is 6.51. The molecule has 1 saturated heterocycles. The van der Waals surface area contributed by atoms with E-state index in [0.29, 0.717) is 22.6 Å². The van der Waals surface area contributed by atoms with Gasteiger partial charge in [-0.1, -0.05) is 91.0 Å². The molecular weight excluding hydrogens is 560 g/mol. The monoisotopic (exact) mass is 586 g/mol. The van der Waals surface area contributed by atoms with Crippen LogP contribution < -0.4 is 10.1 Å². The fourth-order valence-electron chi connectivity index (χ4n) is 7.10. The second kappa shape index (κ2) is 10.4. The highest BCUT2D eigenvalue weighted by Crippen LogP contribution is 2.62. The van der Waals surface area contributed by atoms with E-state index >= 15 is 4.79 Å². The molecule has 212 valence electrons. The number of halogens is 1. The van der Waals surface area contributed by atoms with Crippen LogP contribution in [0.25, 0.3) is 6.08 Å². The molecular formula is C36H27ClN2O4. The molecule has 1 amide bonds. The minimum Gasteiger partial charge on any atom is -0.489 e. The van der Waals surface area contributed by atoms with E-state index in [2.05, 4.69) is 11.9 Å². The van der Waals surface area contributed by atoms with Crippen LogP contribution >= 0.6 is 11.6 Å². The number of carbonyl (C=O) groups is 3. The van der Waals surface area contributed by atoms with Crippen molar-refractivity contribution in [3.8, 4) is 5.75 Å². The summed E-state index contributed by atoms with van der Waals surface area (Å²) < 4.78 is 5.92. The number of ketones is 2. The maximum Gasteiger partial charge on any atom is 0.238 e. The number of hydrogen-bond donors (Lipinski definition) is 1. The van der Waals surface area contributed by atoms with Gasteiger partial charge in [-0.05, 0) is 53.1 Å². The molecule has 4 aromatic rings. The Morgan fingerprint density at radius 1 is 0.907 bits per heavy atom. The van der Waals surface area contributed by atoms with Crippen molar-refractivity contribution in [1.82, 2.24) is 4.90 Å². The fraction of sp³-hybridized carbons (Fsp3) is 0.139. The smallest absolute Gasteiger partial charge is 0.238 e. The molecule has 3 aliphatic rings. The van der Waals surface area contributed by atoms with Crippen molar-refractivity contribution in [3.05, 3.63) is 149 Å². The topological polar surface area (TPSA) is 75.7 Å². The molecule has 4 aromatic carbocycles. The summed E-state index contributed by atoms with van der Waals surface area (Å²) in [6, 6.07) is 27.3. The van der Waals surface area contributed by atoms with E-state index in [1.165, 1.54) is 0 Å². The molecule has 3 heterocycles. The lowest BCUT2D eigenvalue weighted by Gasteiger charge is -2.38. The molecule has 0 aromatic heterocycles. The van der Waals surface area contributed by atoms with Gasteiger partial charge >= 0.3 is 0 Å². The number of fused-ring (bicyclic) bond motifs is 6. The second-order valence-electron chi connectivity index (χ2n) is 10.9. The maximum absolute atomic E-state index is 15.1. The first-order chi connectivity index (χ1) is 21.0. The van der Waals surface area contributed by atoms with Crippen LogP contribution in [0.4, 0.5) is 5.69 Å². The number of benzene rings is 4. The quantitative estimate of drug-likeness (QED) is 0.189. The van der Waals surface area contributed by atoms with Gasteiger partial charge in [0.1, 0.15) is 23.8 Å². The number of Topliss-reactive ketones (excluding diaryl/α,β-unsaturated/α-hetero) is 2. The number of nitrogens with one attached hydrogen (secondary N) is 1. The third kappa shape index (κ3) is 3.90. The summed E-state index contributed by atoms with van der Waals surface area (Å²) >= 11 is 6.59. The maximum atomic E-state index is 15.1. The lowest BCUT2D eigenvalue weighted by Crippen LogP contribution is -2.49. The van der Waals surface area contributed by atoms with Crippen LogP contribution in [0, 0.1) is 5.92 Å². The first-order valence-electron chi connectivity index (χ1n) is 14.1. The Balaban J connectivity index is 1.54. The first-order valence-corrected chi connectivity index (χ1v) is 14.5. The van der Waals surface area contributed by atoms with Crippen molar-refractivity contribution in [2.45, 2.75) is 17.5 Å². The van der Waals surface area contributed by atoms with Crippen LogP contribution in [-0.4, -0.2) is 35.0 Å². The second-order valence-corrected chi connectivity index (χ2v) is 11.3. The predicted molar refractivity (Wildman–Crippen MR) is 166 cm³/mol. The molecule has 4 atom stereocenters. The van der Waals surface area contributed by atoms with Crippen molar-refractivity contribution in [2.75, 3.05) is 11.9 Å². The summed E-state index contributed by atoms with van der Waals surface area (Å²) in [7, 11) is 0. The van der Waals surface area contributed by atoms with Crippen molar-refractivity contribution in [3.63, 3.8) is 0 Å². The van der Waals surface area contributed by atoms with Crippen LogP contribution in [0.1, 0.15) is 43.4 Å². The lowest BCUT2D eigenvalue weighted by molar-refractivity contribution is -0.122. The Bertz CT molecular complexity index is 1850. The minimum absolute atomic E-state index is 0.191. The van der Waals surface area contributed by atoms with Crippen LogP contribution in [0.3, 0.4) is 0 Å². The molecule has 1 fully saturated rings. The standard InChI is InChI=1S/C36H27ClN2O4/c1-2-21-43-29-18-10-6-14-25(29)32(40)30-31(33(41)24-13-5-8-16-27(24)37)39-20-19-22-11-3-4-12-23(22)34(39)36(30)26-15-7-9-17-28(26)38-35(36)42/h2-20,30-31,34H,1,21H2,(H,38,42)/t30-,31+,34-,36-/m0/s1. The molecule has 1 N–H and O–H groups in total. The molecule has 7 heteroatoms. The minimum atomic E-state index is -1.44. The van der Waals surface area contributed by atoms with Crippen molar-refractivity contribution in [1.29, 1.82) is 0 Å². The zero-order valence-corrected chi connectivity index (χ0v) is 23.8. The van der Waals surface area contributed by atoms with E-state index in [1.54, 1.807) is 54.6 Å². The number of ether oxygens (including phenoxy) is 1. The number of rotatable bonds is 7. The van der Waals surface area contributed by atoms with E-state index in [9.17, 15) is 9.59 Å². The predicted octanol–water partition coefficient (Wildman–Crippen LogP) is 6.89.